The van der Waals surface area contributed by atoms with Crippen LogP contribution in [-0.2, 0) is 0 Å². The van der Waals surface area contributed by atoms with Gasteiger partial charge in [-0.15, -0.1) is 0 Å². The number of hydrogen-bond donors (Lipinski definition) is 2. The highest BCUT2D eigenvalue weighted by molar-refractivity contribution is 5.31. The highest BCUT2D eigenvalue weighted by Gasteiger charge is 2.14. The molecule has 0 spiro atoms. The van der Waals surface area contributed by atoms with Crippen molar-refractivity contribution in [2.24, 2.45) is 0 Å². The normalized spacial score (nSPS) is 14.4. The predicted molar refractivity (Wildman–Crippen MR) is 65.7 cm³/mol. The largest absolute Gasteiger partial charge is 0.494 e. The van der Waals surface area contributed by atoms with Crippen LogP contribution in [0.3, 0.4) is 0 Å². The van der Waals surface area contributed by atoms with E-state index in [2.05, 4.69) is 12.2 Å². The van der Waals surface area contributed by atoms with Crippen LogP contribution in [0.2, 0.25) is 0 Å². The summed E-state index contributed by atoms with van der Waals surface area (Å²) < 4.78 is 18.4. The molecular formula is C13H20FNO2. The molecule has 0 radical (unpaired) electrons. The molecule has 1 rings (SSSR count). The Kier molecular flexibility index (Phi) is 5.38. The van der Waals surface area contributed by atoms with Crippen LogP contribution in [0.15, 0.2) is 18.2 Å². The van der Waals surface area contributed by atoms with Crippen molar-refractivity contribution in [1.29, 1.82) is 0 Å². The first-order valence-electron chi connectivity index (χ1n) is 5.82. The zero-order chi connectivity index (χ0) is 12.8. The summed E-state index contributed by atoms with van der Waals surface area (Å²) in [6.45, 7) is 4.03. The quantitative estimate of drug-likeness (QED) is 0.802. The Morgan fingerprint density at radius 1 is 1.47 bits per heavy atom. The molecule has 3 nitrogen and oxygen atoms in total. The van der Waals surface area contributed by atoms with Crippen LogP contribution in [0.4, 0.5) is 4.39 Å². The fraction of sp³-hybridized carbons (Fsp3) is 0.538. The van der Waals surface area contributed by atoms with Gasteiger partial charge in [-0.05, 0) is 31.0 Å². The molecule has 0 saturated heterocycles. The number of aliphatic hydroxyl groups is 1. The van der Waals surface area contributed by atoms with E-state index in [1.807, 2.05) is 6.92 Å². The van der Waals surface area contributed by atoms with Gasteiger partial charge in [-0.3, -0.25) is 0 Å². The van der Waals surface area contributed by atoms with E-state index in [1.54, 1.807) is 12.1 Å². The average molecular weight is 241 g/mol. The van der Waals surface area contributed by atoms with Crippen LogP contribution in [0.1, 0.15) is 31.9 Å². The Hall–Kier alpha value is -1.13. The molecule has 0 saturated carbocycles. The smallest absolute Gasteiger partial charge is 0.165 e. The summed E-state index contributed by atoms with van der Waals surface area (Å²) in [5.74, 6) is -0.191. The Labute approximate surface area is 102 Å². The molecular weight excluding hydrogens is 221 g/mol. The topological polar surface area (TPSA) is 41.5 Å². The molecule has 4 heteroatoms. The molecule has 0 aliphatic rings. The third-order valence-electron chi connectivity index (χ3n) is 2.86. The van der Waals surface area contributed by atoms with Crippen LogP contribution in [0.25, 0.3) is 0 Å². The van der Waals surface area contributed by atoms with Gasteiger partial charge in [0.1, 0.15) is 0 Å². The number of benzene rings is 1. The van der Waals surface area contributed by atoms with E-state index in [0.29, 0.717) is 0 Å². The fourth-order valence-corrected chi connectivity index (χ4v) is 1.62. The van der Waals surface area contributed by atoms with Gasteiger partial charge in [-0.25, -0.2) is 4.39 Å². The minimum absolute atomic E-state index is 0.0594. The zero-order valence-corrected chi connectivity index (χ0v) is 10.5. The number of methoxy groups -OCH3 is 1. The molecule has 96 valence electrons. The molecule has 1 aromatic rings. The number of rotatable bonds is 6. The summed E-state index contributed by atoms with van der Waals surface area (Å²) in [6.07, 6.45) is 0.954. The van der Waals surface area contributed by atoms with Crippen molar-refractivity contribution in [3.05, 3.63) is 29.6 Å². The van der Waals surface area contributed by atoms with Crippen molar-refractivity contribution in [1.82, 2.24) is 5.32 Å². The average Bonchev–Trinajstić information content (AvgIpc) is 2.35. The molecule has 0 aliphatic carbocycles. The Morgan fingerprint density at radius 2 is 2.18 bits per heavy atom. The molecule has 0 aliphatic heterocycles. The van der Waals surface area contributed by atoms with Gasteiger partial charge < -0.3 is 15.2 Å². The van der Waals surface area contributed by atoms with Crippen LogP contribution in [0, 0.1) is 5.82 Å². The van der Waals surface area contributed by atoms with Crippen molar-refractivity contribution in [2.75, 3.05) is 13.7 Å². The van der Waals surface area contributed by atoms with E-state index in [9.17, 15) is 9.50 Å². The van der Waals surface area contributed by atoms with Gasteiger partial charge in [0, 0.05) is 6.04 Å². The van der Waals surface area contributed by atoms with Crippen molar-refractivity contribution < 1.29 is 14.2 Å². The monoisotopic (exact) mass is 241 g/mol. The first-order valence-corrected chi connectivity index (χ1v) is 5.82. The maximum atomic E-state index is 13.5. The SMILES string of the molecule is CCC(C)NC(CO)c1ccc(OC)c(F)c1. The summed E-state index contributed by atoms with van der Waals surface area (Å²) in [4.78, 5) is 0. The van der Waals surface area contributed by atoms with Crippen molar-refractivity contribution in [2.45, 2.75) is 32.4 Å². The van der Waals surface area contributed by atoms with E-state index in [-0.39, 0.29) is 24.4 Å². The molecule has 17 heavy (non-hydrogen) atoms. The fourth-order valence-electron chi connectivity index (χ4n) is 1.62. The summed E-state index contributed by atoms with van der Waals surface area (Å²) in [6, 6.07) is 4.77. The molecule has 2 unspecified atom stereocenters. The zero-order valence-electron chi connectivity index (χ0n) is 10.5. The highest BCUT2D eigenvalue weighted by Crippen LogP contribution is 2.22. The molecule has 1 aromatic carbocycles. The lowest BCUT2D eigenvalue weighted by molar-refractivity contribution is 0.233. The number of aliphatic hydroxyl groups excluding tert-OH is 1. The number of nitrogens with one attached hydrogen (secondary N) is 1. The Bertz CT molecular complexity index is 357. The molecule has 0 amide bonds. The van der Waals surface area contributed by atoms with Crippen LogP contribution < -0.4 is 10.1 Å². The van der Waals surface area contributed by atoms with Gasteiger partial charge in [0.15, 0.2) is 11.6 Å². The van der Waals surface area contributed by atoms with Crippen LogP contribution >= 0.6 is 0 Å². The molecule has 2 atom stereocenters. The van der Waals surface area contributed by atoms with E-state index in [0.717, 1.165) is 12.0 Å². The lowest BCUT2D eigenvalue weighted by atomic mass is 10.1. The highest BCUT2D eigenvalue weighted by atomic mass is 19.1. The summed E-state index contributed by atoms with van der Waals surface area (Å²) >= 11 is 0. The van der Waals surface area contributed by atoms with Crippen LogP contribution in [0.5, 0.6) is 5.75 Å². The minimum Gasteiger partial charge on any atom is -0.494 e. The minimum atomic E-state index is -0.408. The maximum absolute atomic E-state index is 13.5. The van der Waals surface area contributed by atoms with Crippen LogP contribution in [-0.4, -0.2) is 24.9 Å². The summed E-state index contributed by atoms with van der Waals surface area (Å²) in [5.41, 5.74) is 0.728. The lowest BCUT2D eigenvalue weighted by Gasteiger charge is -2.21. The Balaban J connectivity index is 2.85. The van der Waals surface area contributed by atoms with Gasteiger partial charge in [0.25, 0.3) is 0 Å². The third kappa shape index (κ3) is 3.68. The van der Waals surface area contributed by atoms with E-state index < -0.39 is 5.82 Å². The van der Waals surface area contributed by atoms with Gasteiger partial charge in [-0.1, -0.05) is 13.0 Å². The van der Waals surface area contributed by atoms with Gasteiger partial charge in [-0.2, -0.15) is 0 Å². The number of hydrogen-bond acceptors (Lipinski definition) is 3. The molecule has 2 N–H and O–H groups in total. The second-order valence-electron chi connectivity index (χ2n) is 4.11. The second kappa shape index (κ2) is 6.57. The Morgan fingerprint density at radius 3 is 2.65 bits per heavy atom. The maximum Gasteiger partial charge on any atom is 0.165 e. The summed E-state index contributed by atoms with van der Waals surface area (Å²) in [7, 11) is 1.43. The number of halogens is 1. The van der Waals surface area contributed by atoms with Crippen molar-refractivity contribution >= 4 is 0 Å². The van der Waals surface area contributed by atoms with Gasteiger partial charge >= 0.3 is 0 Å². The first kappa shape index (κ1) is 13.9. The van der Waals surface area contributed by atoms with Gasteiger partial charge in [0.05, 0.1) is 19.8 Å². The predicted octanol–water partition coefficient (Wildman–Crippen LogP) is 2.26. The number of ether oxygens (including phenoxy) is 1. The second-order valence-corrected chi connectivity index (χ2v) is 4.11. The van der Waals surface area contributed by atoms with Crippen molar-refractivity contribution in [3.8, 4) is 5.75 Å². The van der Waals surface area contributed by atoms with E-state index in [4.69, 9.17) is 4.74 Å². The summed E-state index contributed by atoms with van der Waals surface area (Å²) in [5, 5.41) is 12.6. The molecule has 0 aromatic heterocycles. The molecule has 0 bridgehead atoms. The third-order valence-corrected chi connectivity index (χ3v) is 2.86. The standard InChI is InChI=1S/C13H20FNO2/c1-4-9(2)15-12(8-16)10-5-6-13(17-3)11(14)7-10/h5-7,9,12,15-16H,4,8H2,1-3H3. The van der Waals surface area contributed by atoms with E-state index in [1.165, 1.54) is 13.2 Å². The molecule has 0 heterocycles. The van der Waals surface area contributed by atoms with E-state index >= 15 is 0 Å². The molecule has 0 fully saturated rings. The first-order chi connectivity index (χ1) is 8.12. The lowest BCUT2D eigenvalue weighted by Crippen LogP contribution is -2.32. The van der Waals surface area contributed by atoms with Gasteiger partial charge in [0.2, 0.25) is 0 Å². The van der Waals surface area contributed by atoms with Crippen molar-refractivity contribution in [3.63, 3.8) is 0 Å².